The SMILES string of the molecule is CC1(C)CCC2(C(=O)OC3OC(COC4OC(CO)C(O)C(O)C4O)C(O)C(O)C3O)CCC3(C)C(=CCC4C5(C)CCC(OS(=O)(=O)O)C(C)(CO)C5CCC43C)C2C1. The smallest absolute Gasteiger partial charge is 0.397 e. The van der Waals surface area contributed by atoms with Gasteiger partial charge in [-0.1, -0.05) is 53.2 Å². The van der Waals surface area contributed by atoms with E-state index in [9.17, 15) is 58.6 Å². The van der Waals surface area contributed by atoms with Gasteiger partial charge in [0.2, 0.25) is 6.29 Å². The third kappa shape index (κ3) is 7.33. The summed E-state index contributed by atoms with van der Waals surface area (Å²) in [4.78, 5) is 14.8. The Balaban J connectivity index is 1.13. The second-order valence-corrected chi connectivity index (χ2v) is 22.1. The van der Waals surface area contributed by atoms with Gasteiger partial charge in [-0.25, -0.2) is 4.18 Å². The van der Waals surface area contributed by atoms with Crippen LogP contribution in [-0.4, -0.2) is 147 Å². The Kier molecular flexibility index (Phi) is 12.4. The molecule has 5 aliphatic carbocycles. The minimum absolute atomic E-state index is 0.0828. The van der Waals surface area contributed by atoms with Gasteiger partial charge >= 0.3 is 16.4 Å². The molecule has 0 aromatic heterocycles. The Labute approximate surface area is 352 Å². The maximum Gasteiger partial charge on any atom is 0.397 e. The monoisotopic (exact) mass is 876 g/mol. The molecule has 0 aromatic carbocycles. The van der Waals surface area contributed by atoms with Gasteiger partial charge in [0.15, 0.2) is 6.29 Å². The van der Waals surface area contributed by atoms with Crippen molar-refractivity contribution in [2.24, 2.45) is 50.2 Å². The average Bonchev–Trinajstić information content (AvgIpc) is 3.18. The quantitative estimate of drug-likeness (QED) is 0.0892. The number of hydrogen-bond donors (Lipinski definition) is 9. The van der Waals surface area contributed by atoms with Crippen molar-refractivity contribution in [2.75, 3.05) is 19.8 Å². The van der Waals surface area contributed by atoms with Crippen molar-refractivity contribution in [1.29, 1.82) is 0 Å². The van der Waals surface area contributed by atoms with Gasteiger partial charge in [-0.3, -0.25) is 9.35 Å². The lowest BCUT2D eigenvalue weighted by atomic mass is 9.33. The molecule has 0 aromatic rings. The van der Waals surface area contributed by atoms with Gasteiger partial charge in [0.1, 0.15) is 48.8 Å². The first-order valence-corrected chi connectivity index (χ1v) is 23.0. The zero-order valence-electron chi connectivity index (χ0n) is 35.6. The number of aliphatic hydroxyl groups excluding tert-OH is 8. The zero-order chi connectivity index (χ0) is 44.2. The molecule has 2 saturated heterocycles. The molecule has 7 aliphatic rings. The standard InChI is InChI=1S/C42H68O17S/c1-37(2)13-15-42(36(51)58-35-33(50)31(48)29(46)24(57-35)19-55-34-32(49)30(47)28(45)23(18-43)56-34)16-14-40(5)21(22(42)17-37)7-8-26-38(3)11-10-27(59-60(52,53)54)39(4,20-44)25(38)9-12-41(26,40)6/h7,22-35,43-50H,8-20H2,1-6H3,(H,52,53,54). The molecule has 0 radical (unpaired) electrons. The summed E-state index contributed by atoms with van der Waals surface area (Å²) in [5.74, 6) is -0.724. The molecule has 9 N–H and O–H groups in total. The number of carbonyl (C=O) groups is 1. The fourth-order valence-corrected chi connectivity index (χ4v) is 14.3. The minimum Gasteiger partial charge on any atom is -0.432 e. The first-order chi connectivity index (χ1) is 27.8. The number of ether oxygens (including phenoxy) is 4. The number of esters is 1. The number of aliphatic hydroxyl groups is 8. The molecule has 344 valence electrons. The lowest BCUT2D eigenvalue weighted by molar-refractivity contribution is -0.328. The minimum atomic E-state index is -4.74. The first-order valence-electron chi connectivity index (χ1n) is 21.6. The Hall–Kier alpha value is -1.36. The van der Waals surface area contributed by atoms with Gasteiger partial charge in [-0.2, -0.15) is 8.42 Å². The number of hydrogen-bond acceptors (Lipinski definition) is 16. The van der Waals surface area contributed by atoms with Crippen LogP contribution in [-0.2, 0) is 38.3 Å². The Bertz CT molecular complexity index is 1760. The molecular formula is C42H68O17S. The van der Waals surface area contributed by atoms with Crippen molar-refractivity contribution in [1.82, 2.24) is 0 Å². The van der Waals surface area contributed by atoms with E-state index < -0.39 is 108 Å². The highest BCUT2D eigenvalue weighted by atomic mass is 32.3. The van der Waals surface area contributed by atoms with Crippen LogP contribution in [0, 0.1) is 50.2 Å². The summed E-state index contributed by atoms with van der Waals surface area (Å²) in [6.45, 7) is 11.7. The molecule has 7 rings (SSSR count). The van der Waals surface area contributed by atoms with Gasteiger partial charge in [0.05, 0.1) is 31.3 Å². The molecule has 2 aliphatic heterocycles. The van der Waals surface area contributed by atoms with Gasteiger partial charge < -0.3 is 59.8 Å². The van der Waals surface area contributed by atoms with Crippen molar-refractivity contribution in [3.8, 4) is 0 Å². The molecule has 17 nitrogen and oxygen atoms in total. The predicted octanol–water partition coefficient (Wildman–Crippen LogP) is 1.12. The lowest BCUT2D eigenvalue weighted by Crippen LogP contribution is -2.66. The second kappa shape index (κ2) is 16.0. The van der Waals surface area contributed by atoms with Gasteiger partial charge in [-0.15, -0.1) is 0 Å². The van der Waals surface area contributed by atoms with E-state index in [4.69, 9.17) is 23.1 Å². The Morgan fingerprint density at radius 3 is 2.02 bits per heavy atom. The van der Waals surface area contributed by atoms with Crippen LogP contribution < -0.4 is 0 Å². The maximum absolute atomic E-state index is 14.8. The first kappa shape index (κ1) is 46.6. The Morgan fingerprint density at radius 2 is 1.38 bits per heavy atom. The van der Waals surface area contributed by atoms with E-state index in [1.165, 1.54) is 5.57 Å². The van der Waals surface area contributed by atoms with Crippen LogP contribution in [0.4, 0.5) is 0 Å². The van der Waals surface area contributed by atoms with Crippen LogP contribution in [0.3, 0.4) is 0 Å². The summed E-state index contributed by atoms with van der Waals surface area (Å²) in [7, 11) is -4.74. The summed E-state index contributed by atoms with van der Waals surface area (Å²) in [6, 6.07) is 0. The molecule has 2 heterocycles. The van der Waals surface area contributed by atoms with E-state index >= 15 is 0 Å². The van der Waals surface area contributed by atoms with Crippen molar-refractivity contribution in [3.05, 3.63) is 11.6 Å². The van der Waals surface area contributed by atoms with Crippen LogP contribution in [0.25, 0.3) is 0 Å². The molecule has 19 atom stereocenters. The number of allylic oxidation sites excluding steroid dienone is 2. The highest BCUT2D eigenvalue weighted by Gasteiger charge is 2.70. The molecule has 19 unspecified atom stereocenters. The molecule has 0 amide bonds. The molecular weight excluding hydrogens is 809 g/mol. The van der Waals surface area contributed by atoms with Gasteiger partial charge in [0.25, 0.3) is 0 Å². The molecule has 0 spiro atoms. The zero-order valence-corrected chi connectivity index (χ0v) is 36.4. The summed E-state index contributed by atoms with van der Waals surface area (Å²) in [5, 5.41) is 84.0. The molecule has 0 bridgehead atoms. The summed E-state index contributed by atoms with van der Waals surface area (Å²) in [5.41, 5.74) is -1.67. The summed E-state index contributed by atoms with van der Waals surface area (Å²) < 4.78 is 61.6. The van der Waals surface area contributed by atoms with Crippen LogP contribution in [0.15, 0.2) is 11.6 Å². The van der Waals surface area contributed by atoms with Crippen molar-refractivity contribution in [3.63, 3.8) is 0 Å². The largest absolute Gasteiger partial charge is 0.432 e. The van der Waals surface area contributed by atoms with Gasteiger partial charge in [-0.05, 0) is 104 Å². The van der Waals surface area contributed by atoms with Gasteiger partial charge in [0, 0.05) is 5.41 Å². The summed E-state index contributed by atoms with van der Waals surface area (Å²) >= 11 is 0. The Morgan fingerprint density at radius 1 is 0.767 bits per heavy atom. The normalized spacial score (nSPS) is 51.5. The topological polar surface area (TPSA) is 279 Å². The third-order valence-electron chi connectivity index (χ3n) is 17.5. The van der Waals surface area contributed by atoms with Crippen molar-refractivity contribution in [2.45, 2.75) is 173 Å². The van der Waals surface area contributed by atoms with Crippen molar-refractivity contribution < 1.29 is 81.7 Å². The molecule has 6 fully saturated rings. The second-order valence-electron chi connectivity index (χ2n) is 21.0. The van der Waals surface area contributed by atoms with Crippen LogP contribution in [0.5, 0.6) is 0 Å². The van der Waals surface area contributed by atoms with E-state index in [0.29, 0.717) is 51.4 Å². The van der Waals surface area contributed by atoms with E-state index in [1.54, 1.807) is 0 Å². The fourth-order valence-electron chi connectivity index (χ4n) is 13.7. The van der Waals surface area contributed by atoms with E-state index in [0.717, 1.165) is 12.8 Å². The average molecular weight is 877 g/mol. The van der Waals surface area contributed by atoms with Crippen LogP contribution >= 0.6 is 0 Å². The lowest BCUT2D eigenvalue weighted by Gasteiger charge is -2.71. The van der Waals surface area contributed by atoms with E-state index in [-0.39, 0.29) is 46.0 Å². The highest BCUT2D eigenvalue weighted by Crippen LogP contribution is 2.76. The van der Waals surface area contributed by atoms with Crippen LogP contribution in [0.1, 0.15) is 106 Å². The number of fused-ring (bicyclic) bond motifs is 7. The summed E-state index contributed by atoms with van der Waals surface area (Å²) in [6.07, 6.45) is -8.52. The van der Waals surface area contributed by atoms with E-state index in [1.807, 2.05) is 6.92 Å². The predicted molar refractivity (Wildman–Crippen MR) is 209 cm³/mol. The van der Waals surface area contributed by atoms with Crippen molar-refractivity contribution >= 4 is 16.4 Å². The molecule has 60 heavy (non-hydrogen) atoms. The third-order valence-corrected chi connectivity index (χ3v) is 18.0. The number of carbonyl (C=O) groups excluding carboxylic acids is 1. The van der Waals surface area contributed by atoms with E-state index in [2.05, 4.69) is 40.7 Å². The molecule has 4 saturated carbocycles. The fraction of sp³-hybridized carbons (Fsp3) is 0.929. The van der Waals surface area contributed by atoms with Crippen LogP contribution in [0.2, 0.25) is 0 Å². The number of rotatable bonds is 9. The highest BCUT2D eigenvalue weighted by molar-refractivity contribution is 7.80. The maximum atomic E-state index is 14.8. The molecule has 18 heteroatoms.